The molecule has 3 N–H and O–H groups in total. The van der Waals surface area contributed by atoms with Crippen LogP contribution in [0.5, 0.6) is 0 Å². The van der Waals surface area contributed by atoms with Crippen molar-refractivity contribution in [1.82, 2.24) is 5.32 Å². The van der Waals surface area contributed by atoms with Crippen LogP contribution in [0.15, 0.2) is 0 Å². The number of nitrogens with two attached hydrogens (primary N) is 1. The summed E-state index contributed by atoms with van der Waals surface area (Å²) in [4.78, 5) is 12.4. The minimum absolute atomic E-state index is 0.0609. The van der Waals surface area contributed by atoms with Crippen molar-refractivity contribution in [3.8, 4) is 0 Å². The molecule has 3 atom stereocenters. The maximum absolute atomic E-state index is 12.2. The number of carbonyl (C=O) groups excluding carboxylic acids is 1. The van der Waals surface area contributed by atoms with Gasteiger partial charge in [0.2, 0.25) is 5.91 Å². The fourth-order valence-electron chi connectivity index (χ4n) is 2.08. The molecule has 0 heterocycles. The number of amides is 1. The zero-order chi connectivity index (χ0) is 13.1. The van der Waals surface area contributed by atoms with Crippen molar-refractivity contribution in [3.05, 3.63) is 0 Å². The monoisotopic (exact) mass is 258 g/mol. The second-order valence-electron chi connectivity index (χ2n) is 4.89. The van der Waals surface area contributed by atoms with Gasteiger partial charge >= 0.3 is 0 Å². The second kappa shape index (κ2) is 5.78. The van der Waals surface area contributed by atoms with E-state index in [4.69, 9.17) is 22.7 Å². The molecule has 17 heavy (non-hydrogen) atoms. The first kappa shape index (κ1) is 14.4. The molecule has 3 unspecified atom stereocenters. The van der Waals surface area contributed by atoms with Crippen LogP contribution in [0.25, 0.3) is 0 Å². The van der Waals surface area contributed by atoms with Crippen molar-refractivity contribution < 1.29 is 9.53 Å². The lowest BCUT2D eigenvalue weighted by atomic mass is 9.86. The zero-order valence-corrected chi connectivity index (χ0v) is 11.6. The molecule has 1 fully saturated rings. The maximum Gasteiger partial charge on any atom is 0.232 e. The molecule has 1 rings (SSSR count). The van der Waals surface area contributed by atoms with Gasteiger partial charge in [0.15, 0.2) is 0 Å². The van der Waals surface area contributed by atoms with E-state index in [9.17, 15) is 4.79 Å². The number of nitrogens with one attached hydrogen (secondary N) is 1. The SMILES string of the molecule is CCC(C)(C(=O)NC1CCC(OC)C1)C(N)=S. The Morgan fingerprint density at radius 3 is 2.65 bits per heavy atom. The van der Waals surface area contributed by atoms with Crippen LogP contribution in [0, 0.1) is 5.41 Å². The van der Waals surface area contributed by atoms with E-state index >= 15 is 0 Å². The van der Waals surface area contributed by atoms with E-state index in [1.807, 2.05) is 6.92 Å². The molecule has 98 valence electrons. The third-order valence-electron chi connectivity index (χ3n) is 3.81. The van der Waals surface area contributed by atoms with E-state index in [1.165, 1.54) is 0 Å². The summed E-state index contributed by atoms with van der Waals surface area (Å²) in [6.45, 7) is 3.72. The number of methoxy groups -OCH3 is 1. The topological polar surface area (TPSA) is 64.3 Å². The Hall–Kier alpha value is -0.680. The van der Waals surface area contributed by atoms with Crippen molar-refractivity contribution in [3.63, 3.8) is 0 Å². The van der Waals surface area contributed by atoms with Gasteiger partial charge in [-0.1, -0.05) is 19.1 Å². The van der Waals surface area contributed by atoms with Gasteiger partial charge in [-0.3, -0.25) is 4.79 Å². The van der Waals surface area contributed by atoms with E-state index < -0.39 is 5.41 Å². The first-order valence-electron chi connectivity index (χ1n) is 6.07. The van der Waals surface area contributed by atoms with Crippen molar-refractivity contribution in [2.24, 2.45) is 11.1 Å². The average Bonchev–Trinajstić information content (AvgIpc) is 2.75. The van der Waals surface area contributed by atoms with Gasteiger partial charge in [-0.2, -0.15) is 0 Å². The molecule has 0 radical (unpaired) electrons. The summed E-state index contributed by atoms with van der Waals surface area (Å²) >= 11 is 4.99. The molecule has 5 heteroatoms. The summed E-state index contributed by atoms with van der Waals surface area (Å²) in [7, 11) is 1.71. The molecule has 0 aliphatic heterocycles. The van der Waals surface area contributed by atoms with Gasteiger partial charge in [-0.15, -0.1) is 0 Å². The van der Waals surface area contributed by atoms with E-state index in [-0.39, 0.29) is 23.0 Å². The standard InChI is InChI=1S/C12H22N2O2S/c1-4-12(2,10(13)17)11(15)14-8-5-6-9(7-8)16-3/h8-9H,4-7H2,1-3H3,(H2,13,17)(H,14,15). The molecule has 0 aromatic heterocycles. The van der Waals surface area contributed by atoms with Gasteiger partial charge in [-0.05, 0) is 32.6 Å². The number of thiocarbonyl (C=S) groups is 1. The lowest BCUT2D eigenvalue weighted by molar-refractivity contribution is -0.127. The van der Waals surface area contributed by atoms with E-state index in [0.717, 1.165) is 19.3 Å². The lowest BCUT2D eigenvalue weighted by Crippen LogP contribution is -2.49. The number of hydrogen-bond acceptors (Lipinski definition) is 3. The Kier molecular flexibility index (Phi) is 4.89. The van der Waals surface area contributed by atoms with Crippen molar-refractivity contribution in [1.29, 1.82) is 0 Å². The van der Waals surface area contributed by atoms with Crippen LogP contribution in [0.3, 0.4) is 0 Å². The van der Waals surface area contributed by atoms with Gasteiger partial charge < -0.3 is 15.8 Å². The Morgan fingerprint density at radius 1 is 1.59 bits per heavy atom. The molecule has 0 aromatic rings. The normalized spacial score (nSPS) is 27.5. The van der Waals surface area contributed by atoms with Crippen LogP contribution in [0.2, 0.25) is 0 Å². The Balaban J connectivity index is 2.57. The molecule has 4 nitrogen and oxygen atoms in total. The van der Waals surface area contributed by atoms with Crippen LogP contribution >= 0.6 is 12.2 Å². The number of rotatable bonds is 5. The highest BCUT2D eigenvalue weighted by Crippen LogP contribution is 2.25. The van der Waals surface area contributed by atoms with Crippen molar-refractivity contribution in [2.45, 2.75) is 51.7 Å². The summed E-state index contributed by atoms with van der Waals surface area (Å²) < 4.78 is 5.28. The van der Waals surface area contributed by atoms with Crippen molar-refractivity contribution >= 4 is 23.1 Å². The van der Waals surface area contributed by atoms with Crippen LogP contribution in [0.4, 0.5) is 0 Å². The van der Waals surface area contributed by atoms with Gasteiger partial charge in [0.05, 0.1) is 16.5 Å². The maximum atomic E-state index is 12.2. The number of carbonyl (C=O) groups is 1. The molecular formula is C12H22N2O2S. The van der Waals surface area contributed by atoms with Gasteiger partial charge in [0, 0.05) is 13.2 Å². The fraction of sp³-hybridized carbons (Fsp3) is 0.833. The second-order valence-corrected chi connectivity index (χ2v) is 5.33. The molecule has 0 spiro atoms. The Bertz CT molecular complexity index is 309. The Labute approximate surface area is 108 Å². The molecule has 1 saturated carbocycles. The Morgan fingerprint density at radius 2 is 2.24 bits per heavy atom. The predicted octanol–water partition coefficient (Wildman–Crippen LogP) is 1.37. The number of hydrogen-bond donors (Lipinski definition) is 2. The highest BCUT2D eigenvalue weighted by molar-refractivity contribution is 7.80. The van der Waals surface area contributed by atoms with Gasteiger partial charge in [0.1, 0.15) is 0 Å². The molecule has 0 saturated heterocycles. The quantitative estimate of drug-likeness (QED) is 0.731. The molecular weight excluding hydrogens is 236 g/mol. The minimum atomic E-state index is -0.736. The third kappa shape index (κ3) is 3.16. The van der Waals surface area contributed by atoms with E-state index in [1.54, 1.807) is 14.0 Å². The highest BCUT2D eigenvalue weighted by Gasteiger charge is 2.37. The number of ether oxygens (including phenoxy) is 1. The first-order valence-corrected chi connectivity index (χ1v) is 6.48. The summed E-state index contributed by atoms with van der Waals surface area (Å²) in [6, 6.07) is 0.188. The highest BCUT2D eigenvalue weighted by atomic mass is 32.1. The average molecular weight is 258 g/mol. The smallest absolute Gasteiger partial charge is 0.232 e. The summed E-state index contributed by atoms with van der Waals surface area (Å²) in [5.41, 5.74) is 4.92. The molecule has 0 bridgehead atoms. The molecule has 1 aliphatic rings. The van der Waals surface area contributed by atoms with Gasteiger partial charge in [0.25, 0.3) is 0 Å². The van der Waals surface area contributed by atoms with Crippen LogP contribution in [-0.2, 0) is 9.53 Å². The largest absolute Gasteiger partial charge is 0.392 e. The summed E-state index contributed by atoms with van der Waals surface area (Å²) in [5, 5.41) is 3.03. The molecule has 0 aromatic carbocycles. The summed E-state index contributed by atoms with van der Waals surface area (Å²) in [6.07, 6.45) is 3.71. The van der Waals surface area contributed by atoms with Crippen LogP contribution < -0.4 is 11.1 Å². The fourth-order valence-corrected chi connectivity index (χ4v) is 2.31. The molecule has 1 amide bonds. The van der Waals surface area contributed by atoms with Crippen LogP contribution in [-0.4, -0.2) is 30.2 Å². The summed E-state index contributed by atoms with van der Waals surface area (Å²) in [5.74, 6) is -0.0609. The minimum Gasteiger partial charge on any atom is -0.392 e. The third-order valence-corrected chi connectivity index (χ3v) is 4.26. The lowest BCUT2D eigenvalue weighted by Gasteiger charge is -2.27. The van der Waals surface area contributed by atoms with E-state index in [2.05, 4.69) is 5.32 Å². The molecule has 1 aliphatic carbocycles. The van der Waals surface area contributed by atoms with Crippen LogP contribution in [0.1, 0.15) is 39.5 Å². The predicted molar refractivity (Wildman–Crippen MR) is 71.8 cm³/mol. The van der Waals surface area contributed by atoms with Crippen molar-refractivity contribution in [2.75, 3.05) is 7.11 Å². The van der Waals surface area contributed by atoms with E-state index in [0.29, 0.717) is 6.42 Å². The zero-order valence-electron chi connectivity index (χ0n) is 10.8. The van der Waals surface area contributed by atoms with Gasteiger partial charge in [-0.25, -0.2) is 0 Å². The first-order chi connectivity index (χ1) is 7.93.